The number of hydrogen-bond donors (Lipinski definition) is 0. The van der Waals surface area contributed by atoms with Crippen molar-refractivity contribution in [3.8, 4) is 11.3 Å². The lowest BCUT2D eigenvalue weighted by molar-refractivity contribution is 0.636. The smallest absolute Gasteiger partial charge is 0.0780 e. The molecule has 0 fully saturated rings. The zero-order valence-corrected chi connectivity index (χ0v) is 22.0. The van der Waals surface area contributed by atoms with Gasteiger partial charge in [-0.05, 0) is 98.5 Å². The highest BCUT2D eigenvalue weighted by Crippen LogP contribution is 2.38. The van der Waals surface area contributed by atoms with Crippen LogP contribution in [-0.4, -0.2) is 4.98 Å². The summed E-state index contributed by atoms with van der Waals surface area (Å²) in [5.74, 6) is 1.72. The molecule has 0 aliphatic heterocycles. The number of nitrogens with zero attached hydrogens (tertiary/aromatic N) is 1. The lowest BCUT2D eigenvalue weighted by Gasteiger charge is -2.17. The Morgan fingerprint density at radius 3 is 1.77 bits per heavy atom. The molecule has 0 radical (unpaired) electrons. The first-order chi connectivity index (χ1) is 16.8. The highest BCUT2D eigenvalue weighted by molar-refractivity contribution is 6.19. The Morgan fingerprint density at radius 1 is 0.571 bits per heavy atom. The second kappa shape index (κ2) is 9.46. The minimum atomic E-state index is 0.465. The maximum absolute atomic E-state index is 4.94. The van der Waals surface area contributed by atoms with E-state index in [0.717, 1.165) is 18.5 Å². The number of fused-ring (bicyclic) bond motifs is 5. The van der Waals surface area contributed by atoms with Crippen molar-refractivity contribution in [2.45, 2.75) is 60.3 Å². The monoisotopic (exact) mass is 459 g/mol. The summed E-state index contributed by atoms with van der Waals surface area (Å²) in [6, 6.07) is 25.2. The molecular formula is C34H37N. The van der Waals surface area contributed by atoms with Crippen molar-refractivity contribution in [3.63, 3.8) is 0 Å². The van der Waals surface area contributed by atoms with E-state index in [4.69, 9.17) is 4.98 Å². The van der Waals surface area contributed by atoms with Gasteiger partial charge in [-0.1, -0.05) is 84.0 Å². The standard InChI is InChI=1S/C34H37N/c1-21(2)15-24-17-25(16-22(3)4)19-26(18-24)34-31-12-11-29-27-9-7-8-10-28(27)32(23(5)6)20-33(29)30(31)13-14-35-34/h7-14,17-23H,15-16H2,1-6H3. The van der Waals surface area contributed by atoms with E-state index in [1.807, 2.05) is 6.20 Å². The van der Waals surface area contributed by atoms with Crippen LogP contribution < -0.4 is 0 Å². The maximum atomic E-state index is 4.94. The van der Waals surface area contributed by atoms with Crippen LogP contribution in [0.4, 0.5) is 0 Å². The molecule has 0 aliphatic carbocycles. The van der Waals surface area contributed by atoms with Gasteiger partial charge in [0.15, 0.2) is 0 Å². The second-order valence-corrected chi connectivity index (χ2v) is 11.3. The van der Waals surface area contributed by atoms with E-state index < -0.39 is 0 Å². The van der Waals surface area contributed by atoms with Gasteiger partial charge in [0, 0.05) is 17.1 Å². The normalized spacial score (nSPS) is 12.1. The molecule has 5 aromatic rings. The van der Waals surface area contributed by atoms with Gasteiger partial charge in [-0.25, -0.2) is 0 Å². The van der Waals surface area contributed by atoms with Crippen molar-refractivity contribution in [1.29, 1.82) is 0 Å². The van der Waals surface area contributed by atoms with Crippen LogP contribution in [0.15, 0.2) is 72.9 Å². The van der Waals surface area contributed by atoms with Crippen molar-refractivity contribution >= 4 is 32.3 Å². The lowest BCUT2D eigenvalue weighted by Crippen LogP contribution is -2.00. The summed E-state index contributed by atoms with van der Waals surface area (Å²) in [7, 11) is 0. The fraction of sp³-hybridized carbons (Fsp3) is 0.324. The number of pyridine rings is 1. The van der Waals surface area contributed by atoms with Crippen LogP contribution in [0.3, 0.4) is 0 Å². The van der Waals surface area contributed by atoms with Gasteiger partial charge in [0.2, 0.25) is 0 Å². The van der Waals surface area contributed by atoms with E-state index in [1.54, 1.807) is 0 Å². The average Bonchev–Trinajstić information content (AvgIpc) is 2.81. The van der Waals surface area contributed by atoms with Crippen LogP contribution in [0, 0.1) is 11.8 Å². The molecule has 4 aromatic carbocycles. The molecule has 5 rings (SSSR count). The zero-order valence-electron chi connectivity index (χ0n) is 22.0. The van der Waals surface area contributed by atoms with Gasteiger partial charge >= 0.3 is 0 Å². The quantitative estimate of drug-likeness (QED) is 0.230. The average molecular weight is 460 g/mol. The van der Waals surface area contributed by atoms with Gasteiger partial charge in [0.25, 0.3) is 0 Å². The molecule has 178 valence electrons. The molecule has 0 atom stereocenters. The van der Waals surface area contributed by atoms with E-state index >= 15 is 0 Å². The largest absolute Gasteiger partial charge is 0.256 e. The third-order valence-corrected chi connectivity index (χ3v) is 7.05. The van der Waals surface area contributed by atoms with Crippen molar-refractivity contribution in [1.82, 2.24) is 4.98 Å². The summed E-state index contributed by atoms with van der Waals surface area (Å²) in [6.45, 7) is 13.8. The molecule has 0 saturated heterocycles. The Labute approximate surface area is 210 Å². The summed E-state index contributed by atoms with van der Waals surface area (Å²) in [4.78, 5) is 4.94. The summed E-state index contributed by atoms with van der Waals surface area (Å²) >= 11 is 0. The molecular weight excluding hydrogens is 422 g/mol. The Kier molecular flexibility index (Phi) is 6.36. The minimum Gasteiger partial charge on any atom is -0.256 e. The maximum Gasteiger partial charge on any atom is 0.0780 e. The molecule has 0 spiro atoms. The fourth-order valence-electron chi connectivity index (χ4n) is 5.66. The van der Waals surface area contributed by atoms with Crippen LogP contribution in [0.2, 0.25) is 0 Å². The molecule has 0 unspecified atom stereocenters. The summed E-state index contributed by atoms with van der Waals surface area (Å²) in [5.41, 5.74) is 6.59. The van der Waals surface area contributed by atoms with Gasteiger partial charge in [-0.15, -0.1) is 0 Å². The first-order valence-electron chi connectivity index (χ1n) is 13.2. The van der Waals surface area contributed by atoms with Crippen LogP contribution in [0.5, 0.6) is 0 Å². The first kappa shape index (κ1) is 23.5. The van der Waals surface area contributed by atoms with Gasteiger partial charge in [-0.3, -0.25) is 4.98 Å². The molecule has 0 saturated carbocycles. The summed E-state index contributed by atoms with van der Waals surface area (Å²) in [5, 5.41) is 7.88. The van der Waals surface area contributed by atoms with Crippen LogP contribution in [0.25, 0.3) is 43.6 Å². The summed E-state index contributed by atoms with van der Waals surface area (Å²) in [6.07, 6.45) is 4.19. The van der Waals surface area contributed by atoms with Crippen molar-refractivity contribution < 1.29 is 0 Å². The van der Waals surface area contributed by atoms with Crippen LogP contribution in [-0.2, 0) is 12.8 Å². The third kappa shape index (κ3) is 4.57. The number of rotatable bonds is 6. The Bertz CT molecular complexity index is 1490. The molecule has 1 heteroatoms. The molecule has 1 heterocycles. The highest BCUT2D eigenvalue weighted by Gasteiger charge is 2.15. The minimum absolute atomic E-state index is 0.465. The molecule has 0 bridgehead atoms. The number of hydrogen-bond acceptors (Lipinski definition) is 1. The topological polar surface area (TPSA) is 12.9 Å². The van der Waals surface area contributed by atoms with Crippen LogP contribution in [0.1, 0.15) is 64.2 Å². The van der Waals surface area contributed by atoms with E-state index in [9.17, 15) is 0 Å². The van der Waals surface area contributed by atoms with Gasteiger partial charge in [0.1, 0.15) is 0 Å². The van der Waals surface area contributed by atoms with Gasteiger partial charge in [0.05, 0.1) is 5.69 Å². The van der Waals surface area contributed by atoms with Crippen molar-refractivity contribution in [3.05, 3.63) is 89.6 Å². The molecule has 35 heavy (non-hydrogen) atoms. The lowest BCUT2D eigenvalue weighted by atomic mass is 9.88. The second-order valence-electron chi connectivity index (χ2n) is 11.3. The Balaban J connectivity index is 1.78. The predicted molar refractivity (Wildman–Crippen MR) is 153 cm³/mol. The third-order valence-electron chi connectivity index (χ3n) is 7.05. The highest BCUT2D eigenvalue weighted by atomic mass is 14.7. The van der Waals surface area contributed by atoms with Crippen molar-refractivity contribution in [2.75, 3.05) is 0 Å². The van der Waals surface area contributed by atoms with E-state index in [2.05, 4.69) is 108 Å². The molecule has 1 aromatic heterocycles. The summed E-state index contributed by atoms with van der Waals surface area (Å²) < 4.78 is 0. The Hall–Kier alpha value is -3.19. The van der Waals surface area contributed by atoms with E-state index in [1.165, 1.54) is 54.6 Å². The zero-order chi connectivity index (χ0) is 24.7. The van der Waals surface area contributed by atoms with Crippen molar-refractivity contribution in [2.24, 2.45) is 11.8 Å². The van der Waals surface area contributed by atoms with Gasteiger partial charge < -0.3 is 0 Å². The number of benzene rings is 4. The predicted octanol–water partition coefficient (Wildman–Crippen LogP) is 9.73. The van der Waals surface area contributed by atoms with Crippen LogP contribution >= 0.6 is 0 Å². The molecule has 0 N–H and O–H groups in total. The fourth-order valence-corrected chi connectivity index (χ4v) is 5.66. The first-order valence-corrected chi connectivity index (χ1v) is 13.2. The Morgan fingerprint density at radius 2 is 1.14 bits per heavy atom. The molecule has 0 amide bonds. The van der Waals surface area contributed by atoms with E-state index in [0.29, 0.717) is 17.8 Å². The number of aromatic nitrogens is 1. The molecule has 0 aliphatic rings. The van der Waals surface area contributed by atoms with E-state index in [-0.39, 0.29) is 0 Å². The van der Waals surface area contributed by atoms with Gasteiger partial charge in [-0.2, -0.15) is 0 Å². The molecule has 1 nitrogen and oxygen atoms in total. The SMILES string of the molecule is CC(C)Cc1cc(CC(C)C)cc(-c2nccc3c2ccc2c4ccccc4c(C(C)C)cc32)c1.